The molecule has 0 N–H and O–H groups in total. The van der Waals surface area contributed by atoms with Crippen molar-refractivity contribution in [1.82, 2.24) is 9.80 Å². The van der Waals surface area contributed by atoms with Gasteiger partial charge in [-0.15, -0.1) is 12.4 Å². The van der Waals surface area contributed by atoms with Crippen molar-refractivity contribution in [2.75, 3.05) is 40.3 Å². The van der Waals surface area contributed by atoms with E-state index >= 15 is 0 Å². The fraction of sp³-hybridized carbons (Fsp3) is 0.652. The Morgan fingerprint density at radius 1 is 1.23 bits per heavy atom. The molecule has 7 heteroatoms. The summed E-state index contributed by atoms with van der Waals surface area (Å²) in [6.45, 7) is 4.05. The molecule has 1 aliphatic carbocycles. The lowest BCUT2D eigenvalue weighted by Crippen LogP contribution is -2.43. The van der Waals surface area contributed by atoms with Crippen molar-refractivity contribution in [3.05, 3.63) is 29.3 Å². The maximum atomic E-state index is 13.0. The van der Waals surface area contributed by atoms with Gasteiger partial charge in [-0.2, -0.15) is 0 Å². The highest BCUT2D eigenvalue weighted by molar-refractivity contribution is 5.96. The summed E-state index contributed by atoms with van der Waals surface area (Å²) in [6.07, 6.45) is 6.67. The number of rotatable bonds is 5. The van der Waals surface area contributed by atoms with E-state index in [1.54, 1.807) is 13.2 Å². The minimum absolute atomic E-state index is 0. The van der Waals surface area contributed by atoms with Gasteiger partial charge in [-0.25, -0.2) is 4.79 Å². The van der Waals surface area contributed by atoms with Gasteiger partial charge in [0, 0.05) is 26.1 Å². The van der Waals surface area contributed by atoms with Gasteiger partial charge >= 0.3 is 5.97 Å². The molecule has 2 fully saturated rings. The predicted molar refractivity (Wildman–Crippen MR) is 117 cm³/mol. The van der Waals surface area contributed by atoms with Crippen LogP contribution in [0.25, 0.3) is 0 Å². The highest BCUT2D eigenvalue weighted by atomic mass is 35.5. The monoisotopic (exact) mass is 436 g/mol. The molecule has 2 heterocycles. The quantitative estimate of drug-likeness (QED) is 0.660. The van der Waals surface area contributed by atoms with E-state index in [0.29, 0.717) is 24.2 Å². The number of carbonyl (C=O) groups is 2. The highest BCUT2D eigenvalue weighted by Gasteiger charge is 2.50. The normalized spacial score (nSPS) is 25.9. The van der Waals surface area contributed by atoms with Crippen molar-refractivity contribution in [3.63, 3.8) is 0 Å². The second-order valence-electron chi connectivity index (χ2n) is 8.70. The lowest BCUT2D eigenvalue weighted by Gasteiger charge is -2.37. The first-order valence-electron chi connectivity index (χ1n) is 10.9. The minimum Gasteiger partial charge on any atom is -0.496 e. The second-order valence-corrected chi connectivity index (χ2v) is 8.70. The van der Waals surface area contributed by atoms with Crippen LogP contribution in [0.5, 0.6) is 5.75 Å². The third-order valence-electron chi connectivity index (χ3n) is 6.93. The predicted octanol–water partition coefficient (Wildman–Crippen LogP) is 3.62. The third kappa shape index (κ3) is 4.30. The molecule has 0 aromatic heterocycles. The van der Waals surface area contributed by atoms with Crippen molar-refractivity contribution >= 4 is 24.3 Å². The molecule has 6 nitrogen and oxygen atoms in total. The van der Waals surface area contributed by atoms with Crippen LogP contribution in [0.1, 0.15) is 60.9 Å². The summed E-state index contributed by atoms with van der Waals surface area (Å²) in [5.74, 6) is 0.657. The van der Waals surface area contributed by atoms with Gasteiger partial charge in [0.1, 0.15) is 11.4 Å². The minimum atomic E-state index is -0.637. The van der Waals surface area contributed by atoms with Gasteiger partial charge in [-0.1, -0.05) is 12.5 Å². The van der Waals surface area contributed by atoms with Crippen LogP contribution in [-0.2, 0) is 15.1 Å². The lowest BCUT2D eigenvalue weighted by molar-refractivity contribution is -0.137. The summed E-state index contributed by atoms with van der Waals surface area (Å²) >= 11 is 0. The molecule has 1 spiro atoms. The van der Waals surface area contributed by atoms with E-state index in [4.69, 9.17) is 9.47 Å². The van der Waals surface area contributed by atoms with Crippen LogP contribution in [0.15, 0.2) is 18.2 Å². The molecule has 1 amide bonds. The van der Waals surface area contributed by atoms with Gasteiger partial charge in [-0.05, 0) is 63.7 Å². The van der Waals surface area contributed by atoms with Crippen LogP contribution in [0, 0.1) is 5.92 Å². The number of likely N-dealkylation sites (N-methyl/N-ethyl adjacent to an activating group) is 1. The zero-order valence-corrected chi connectivity index (χ0v) is 18.8. The Morgan fingerprint density at radius 3 is 2.60 bits per heavy atom. The van der Waals surface area contributed by atoms with Crippen LogP contribution in [-0.4, -0.2) is 62.0 Å². The SMILES string of the molecule is COc1cccc2c1[C@]1(CC[C@H](C(=O)N(C)CCN3CCCCC3)CC1)OC2=O.Cl. The Morgan fingerprint density at radius 2 is 1.93 bits per heavy atom. The third-order valence-corrected chi connectivity index (χ3v) is 6.93. The number of esters is 1. The maximum Gasteiger partial charge on any atom is 0.339 e. The summed E-state index contributed by atoms with van der Waals surface area (Å²) in [4.78, 5) is 29.7. The standard InChI is InChI=1S/C23H32N2O4.ClH/c1-24(15-16-25-13-4-3-5-14-25)21(26)17-9-11-23(12-10-17)20-18(22(27)29-23)7-6-8-19(20)28-2;/h6-8,17H,3-5,9-16H2,1-2H3;1H/t17-,23+;. The number of ether oxygens (including phenoxy) is 2. The molecule has 30 heavy (non-hydrogen) atoms. The summed E-state index contributed by atoms with van der Waals surface area (Å²) in [5.41, 5.74) is 0.840. The molecule has 0 bridgehead atoms. The largest absolute Gasteiger partial charge is 0.496 e. The van der Waals surface area contributed by atoms with E-state index < -0.39 is 5.60 Å². The zero-order valence-electron chi connectivity index (χ0n) is 18.0. The lowest BCUT2D eigenvalue weighted by atomic mass is 9.74. The Bertz CT molecular complexity index is 770. The number of benzene rings is 1. The molecule has 0 unspecified atom stereocenters. The van der Waals surface area contributed by atoms with Gasteiger partial charge < -0.3 is 19.3 Å². The summed E-state index contributed by atoms with van der Waals surface area (Å²) < 4.78 is 11.4. The average molecular weight is 437 g/mol. The number of nitrogens with zero attached hydrogens (tertiary/aromatic N) is 2. The van der Waals surface area contributed by atoms with Crippen molar-refractivity contribution in [2.45, 2.75) is 50.5 Å². The number of carbonyl (C=O) groups excluding carboxylic acids is 2. The van der Waals surface area contributed by atoms with Crippen molar-refractivity contribution in [2.24, 2.45) is 5.92 Å². The van der Waals surface area contributed by atoms with E-state index in [2.05, 4.69) is 4.90 Å². The Hall–Kier alpha value is -1.79. The van der Waals surface area contributed by atoms with Crippen molar-refractivity contribution in [1.29, 1.82) is 0 Å². The van der Waals surface area contributed by atoms with Gasteiger partial charge in [0.25, 0.3) is 0 Å². The molecule has 1 saturated heterocycles. The van der Waals surface area contributed by atoms with Crippen LogP contribution >= 0.6 is 12.4 Å². The fourth-order valence-corrected chi connectivity index (χ4v) is 5.20. The fourth-order valence-electron chi connectivity index (χ4n) is 5.20. The molecule has 1 saturated carbocycles. The van der Waals surface area contributed by atoms with Crippen molar-refractivity contribution < 1.29 is 19.1 Å². The smallest absolute Gasteiger partial charge is 0.339 e. The maximum absolute atomic E-state index is 13.0. The van der Waals surface area contributed by atoms with Crippen LogP contribution in [0.2, 0.25) is 0 Å². The molecule has 166 valence electrons. The van der Waals surface area contributed by atoms with Crippen LogP contribution in [0.3, 0.4) is 0 Å². The molecule has 0 radical (unpaired) electrons. The topological polar surface area (TPSA) is 59.1 Å². The summed E-state index contributed by atoms with van der Waals surface area (Å²) in [6, 6.07) is 5.51. The first-order valence-corrected chi connectivity index (χ1v) is 10.9. The number of hydrogen-bond donors (Lipinski definition) is 0. The van der Waals surface area contributed by atoms with Gasteiger partial charge in [-0.3, -0.25) is 4.79 Å². The number of halogens is 1. The first-order chi connectivity index (χ1) is 14.0. The Labute approximate surface area is 185 Å². The molecule has 0 atom stereocenters. The van der Waals surface area contributed by atoms with Gasteiger partial charge in [0.2, 0.25) is 5.91 Å². The van der Waals surface area contributed by atoms with Gasteiger partial charge in [0.05, 0.1) is 18.2 Å². The van der Waals surface area contributed by atoms with E-state index in [1.165, 1.54) is 19.3 Å². The Kier molecular flexibility index (Phi) is 7.30. The molecular weight excluding hydrogens is 404 g/mol. The number of amides is 1. The molecular formula is C23H33ClN2O4. The number of piperidine rings is 1. The van der Waals surface area contributed by atoms with Crippen LogP contribution < -0.4 is 4.74 Å². The number of fused-ring (bicyclic) bond motifs is 2. The zero-order chi connectivity index (χ0) is 20.4. The second kappa shape index (κ2) is 9.56. The van der Waals surface area contributed by atoms with E-state index in [-0.39, 0.29) is 30.2 Å². The van der Waals surface area contributed by atoms with Gasteiger partial charge in [0.15, 0.2) is 0 Å². The van der Waals surface area contributed by atoms with Crippen LogP contribution in [0.4, 0.5) is 0 Å². The number of hydrogen-bond acceptors (Lipinski definition) is 5. The molecule has 2 aliphatic heterocycles. The van der Waals surface area contributed by atoms with E-state index in [1.807, 2.05) is 24.1 Å². The molecule has 1 aromatic carbocycles. The molecule has 3 aliphatic rings. The summed E-state index contributed by atoms with van der Waals surface area (Å²) in [7, 11) is 3.54. The van der Waals surface area contributed by atoms with Crippen molar-refractivity contribution in [3.8, 4) is 5.75 Å². The Balaban J connectivity index is 0.00000256. The average Bonchev–Trinajstić information content (AvgIpc) is 3.04. The number of likely N-dealkylation sites (tertiary alicyclic amines) is 1. The molecule has 4 rings (SSSR count). The van der Waals surface area contributed by atoms with E-state index in [0.717, 1.165) is 44.6 Å². The summed E-state index contributed by atoms with van der Waals surface area (Å²) in [5, 5.41) is 0. The highest BCUT2D eigenvalue weighted by Crippen LogP contribution is 2.51. The molecule has 1 aromatic rings. The first kappa shape index (κ1) is 22.9. The number of methoxy groups -OCH3 is 1. The van der Waals surface area contributed by atoms with E-state index in [9.17, 15) is 9.59 Å².